The van der Waals surface area contributed by atoms with Crippen molar-refractivity contribution in [3.05, 3.63) is 33.8 Å². The van der Waals surface area contributed by atoms with Gasteiger partial charge < -0.3 is 5.32 Å². The van der Waals surface area contributed by atoms with Gasteiger partial charge in [0.05, 0.1) is 10.9 Å². The lowest BCUT2D eigenvalue weighted by atomic mass is 10.0. The molecule has 0 radical (unpaired) electrons. The number of halogens is 6. The Hall–Kier alpha value is -0.690. The summed E-state index contributed by atoms with van der Waals surface area (Å²) in [6.45, 7) is 2.06. The van der Waals surface area contributed by atoms with E-state index in [1.165, 1.54) is 0 Å². The molecule has 0 aromatic heterocycles. The Bertz CT molecular complexity index is 433. The average Bonchev–Trinajstić information content (AvgIpc) is 2.28. The van der Waals surface area contributed by atoms with Gasteiger partial charge in [-0.3, -0.25) is 0 Å². The highest BCUT2D eigenvalue weighted by atomic mass is 79.9. The van der Waals surface area contributed by atoms with E-state index in [0.717, 1.165) is 12.1 Å². The van der Waals surface area contributed by atoms with E-state index in [9.17, 15) is 22.0 Å². The summed E-state index contributed by atoms with van der Waals surface area (Å²) in [5.41, 5.74) is -0.313. The molecule has 0 aliphatic rings. The van der Waals surface area contributed by atoms with Crippen LogP contribution in [0.15, 0.2) is 16.6 Å². The molecule has 7 heteroatoms. The molecule has 0 saturated heterocycles. The molecule has 0 heterocycles. The van der Waals surface area contributed by atoms with E-state index in [4.69, 9.17) is 0 Å². The third-order valence-electron chi connectivity index (χ3n) is 2.49. The van der Waals surface area contributed by atoms with E-state index in [-0.39, 0.29) is 16.6 Å². The van der Waals surface area contributed by atoms with Crippen molar-refractivity contribution in [2.24, 2.45) is 0 Å². The Labute approximate surface area is 116 Å². The fourth-order valence-electron chi connectivity index (χ4n) is 1.65. The molecule has 0 aliphatic heterocycles. The van der Waals surface area contributed by atoms with Crippen molar-refractivity contribution in [3.63, 3.8) is 0 Å². The summed E-state index contributed by atoms with van der Waals surface area (Å²) in [5.74, 6) is -1.66. The minimum Gasteiger partial charge on any atom is -0.310 e. The number of rotatable bonds is 5. The Morgan fingerprint density at radius 1 is 1.21 bits per heavy atom. The molecule has 19 heavy (non-hydrogen) atoms. The van der Waals surface area contributed by atoms with Gasteiger partial charge in [0.25, 0.3) is 0 Å². The number of hydrogen-bond acceptors (Lipinski definition) is 1. The molecule has 108 valence electrons. The predicted molar refractivity (Wildman–Crippen MR) is 65.8 cm³/mol. The molecule has 1 atom stereocenters. The van der Waals surface area contributed by atoms with Crippen LogP contribution in [0.5, 0.6) is 0 Å². The van der Waals surface area contributed by atoms with Gasteiger partial charge in [0, 0.05) is 11.6 Å². The maximum Gasteiger partial charge on any atom is 0.390 e. The first-order chi connectivity index (χ1) is 8.74. The van der Waals surface area contributed by atoms with Crippen LogP contribution < -0.4 is 5.32 Å². The van der Waals surface area contributed by atoms with Gasteiger partial charge in [-0.25, -0.2) is 8.78 Å². The zero-order valence-corrected chi connectivity index (χ0v) is 11.7. The molecular weight excluding hydrogens is 333 g/mol. The first-order valence-electron chi connectivity index (χ1n) is 5.69. The lowest BCUT2D eigenvalue weighted by Gasteiger charge is -2.21. The summed E-state index contributed by atoms with van der Waals surface area (Å²) < 4.78 is 64.3. The van der Waals surface area contributed by atoms with Crippen molar-refractivity contribution in [1.29, 1.82) is 0 Å². The van der Waals surface area contributed by atoms with E-state index >= 15 is 0 Å². The SMILES string of the molecule is CCCNC(CC(F)(F)F)c1cc(F)c(Br)cc1F. The first-order valence-corrected chi connectivity index (χ1v) is 6.48. The van der Waals surface area contributed by atoms with Gasteiger partial charge in [0.2, 0.25) is 0 Å². The first kappa shape index (κ1) is 16.4. The van der Waals surface area contributed by atoms with Crippen LogP contribution >= 0.6 is 15.9 Å². The average molecular weight is 346 g/mol. The molecule has 1 N–H and O–H groups in total. The van der Waals surface area contributed by atoms with E-state index in [1.807, 2.05) is 0 Å². The molecule has 0 spiro atoms. The van der Waals surface area contributed by atoms with Crippen LogP contribution in [0.1, 0.15) is 31.4 Å². The highest BCUT2D eigenvalue weighted by Crippen LogP contribution is 2.32. The van der Waals surface area contributed by atoms with E-state index < -0.39 is 30.3 Å². The summed E-state index contributed by atoms with van der Waals surface area (Å²) in [4.78, 5) is 0. The lowest BCUT2D eigenvalue weighted by Crippen LogP contribution is -2.28. The Morgan fingerprint density at radius 3 is 2.37 bits per heavy atom. The molecule has 1 aromatic carbocycles. The van der Waals surface area contributed by atoms with Crippen LogP contribution in [-0.4, -0.2) is 12.7 Å². The summed E-state index contributed by atoms with van der Waals surface area (Å²) in [6, 6.07) is 0.336. The Balaban J connectivity index is 3.06. The van der Waals surface area contributed by atoms with Crippen molar-refractivity contribution in [3.8, 4) is 0 Å². The van der Waals surface area contributed by atoms with Gasteiger partial charge in [-0.1, -0.05) is 6.92 Å². The van der Waals surface area contributed by atoms with Gasteiger partial charge in [-0.15, -0.1) is 0 Å². The molecule has 0 aliphatic carbocycles. The molecule has 0 amide bonds. The Kier molecular flexibility index (Phi) is 5.73. The van der Waals surface area contributed by atoms with E-state index in [0.29, 0.717) is 6.42 Å². The largest absolute Gasteiger partial charge is 0.390 e. The summed E-state index contributed by atoms with van der Waals surface area (Å²) in [6.07, 6.45) is -5.11. The molecule has 1 unspecified atom stereocenters. The molecule has 0 saturated carbocycles. The maximum atomic E-state index is 13.7. The second kappa shape index (κ2) is 6.65. The molecule has 0 fully saturated rings. The normalized spacial score (nSPS) is 13.6. The molecule has 1 aromatic rings. The van der Waals surface area contributed by atoms with Crippen molar-refractivity contribution in [2.45, 2.75) is 32.0 Å². The third kappa shape index (κ3) is 5.06. The van der Waals surface area contributed by atoms with Crippen LogP contribution in [-0.2, 0) is 0 Å². The number of alkyl halides is 3. The number of nitrogens with one attached hydrogen (secondary N) is 1. The van der Waals surface area contributed by atoms with Crippen LogP contribution in [0.3, 0.4) is 0 Å². The fourth-order valence-corrected chi connectivity index (χ4v) is 1.96. The lowest BCUT2D eigenvalue weighted by molar-refractivity contribution is -0.140. The molecular formula is C12H13BrF5N. The van der Waals surface area contributed by atoms with Gasteiger partial charge in [0.1, 0.15) is 11.6 Å². The maximum absolute atomic E-state index is 13.7. The van der Waals surface area contributed by atoms with Crippen LogP contribution in [0.2, 0.25) is 0 Å². The third-order valence-corrected chi connectivity index (χ3v) is 3.10. The van der Waals surface area contributed by atoms with Gasteiger partial charge >= 0.3 is 6.18 Å². The van der Waals surface area contributed by atoms with Crippen molar-refractivity contribution < 1.29 is 22.0 Å². The highest BCUT2D eigenvalue weighted by molar-refractivity contribution is 9.10. The number of benzene rings is 1. The van der Waals surface area contributed by atoms with Crippen molar-refractivity contribution in [2.75, 3.05) is 6.54 Å². The summed E-state index contributed by atoms with van der Waals surface area (Å²) in [7, 11) is 0. The van der Waals surface area contributed by atoms with Crippen LogP contribution in [0.4, 0.5) is 22.0 Å². The molecule has 1 nitrogen and oxygen atoms in total. The van der Waals surface area contributed by atoms with E-state index in [2.05, 4.69) is 21.2 Å². The van der Waals surface area contributed by atoms with Crippen molar-refractivity contribution in [1.82, 2.24) is 5.32 Å². The predicted octanol–water partition coefficient (Wildman–Crippen LogP) is 4.72. The fraction of sp³-hybridized carbons (Fsp3) is 0.500. The highest BCUT2D eigenvalue weighted by Gasteiger charge is 2.33. The monoisotopic (exact) mass is 345 g/mol. The topological polar surface area (TPSA) is 12.0 Å². The molecule has 1 rings (SSSR count). The second-order valence-electron chi connectivity index (χ2n) is 4.11. The minimum atomic E-state index is -4.46. The summed E-state index contributed by atoms with van der Waals surface area (Å²) >= 11 is 2.79. The van der Waals surface area contributed by atoms with Crippen molar-refractivity contribution >= 4 is 15.9 Å². The number of hydrogen-bond donors (Lipinski definition) is 1. The van der Waals surface area contributed by atoms with Crippen LogP contribution in [0, 0.1) is 11.6 Å². The van der Waals surface area contributed by atoms with Gasteiger partial charge in [0.15, 0.2) is 0 Å². The van der Waals surface area contributed by atoms with Crippen LogP contribution in [0.25, 0.3) is 0 Å². The van der Waals surface area contributed by atoms with Gasteiger partial charge in [-0.2, -0.15) is 13.2 Å². The second-order valence-corrected chi connectivity index (χ2v) is 4.97. The zero-order chi connectivity index (χ0) is 14.6. The van der Waals surface area contributed by atoms with E-state index in [1.54, 1.807) is 6.92 Å². The standard InChI is InChI=1S/C12H13BrF5N/c1-2-3-19-11(6-12(16,17)18)7-4-10(15)8(13)5-9(7)14/h4-5,11,19H,2-3,6H2,1H3. The zero-order valence-electron chi connectivity index (χ0n) is 10.1. The molecule has 0 bridgehead atoms. The summed E-state index contributed by atoms with van der Waals surface area (Å²) in [5, 5.41) is 2.59. The van der Waals surface area contributed by atoms with Gasteiger partial charge in [-0.05, 0) is 41.0 Å². The minimum absolute atomic E-state index is 0.116. The quantitative estimate of drug-likeness (QED) is 0.601. The smallest absolute Gasteiger partial charge is 0.310 e. The Morgan fingerprint density at radius 2 is 1.84 bits per heavy atom.